The lowest BCUT2D eigenvalue weighted by atomic mass is 9.93. The van der Waals surface area contributed by atoms with Gasteiger partial charge in [-0.05, 0) is 65.9 Å². The zero-order chi connectivity index (χ0) is 13.6. The molecule has 1 unspecified atom stereocenters. The van der Waals surface area contributed by atoms with Crippen LogP contribution in [0.1, 0.15) is 35.8 Å². The first kappa shape index (κ1) is 12.9. The fourth-order valence-corrected chi connectivity index (χ4v) is 3.47. The third kappa shape index (κ3) is 2.03. The number of rotatable bonds is 1. The number of fused-ring (bicyclic) bond motifs is 1. The van der Waals surface area contributed by atoms with Crippen LogP contribution < -0.4 is 5.73 Å². The van der Waals surface area contributed by atoms with Crippen LogP contribution in [0.25, 0.3) is 5.69 Å². The first-order valence-electron chi connectivity index (χ1n) is 6.50. The van der Waals surface area contributed by atoms with Gasteiger partial charge in [-0.3, -0.25) is 0 Å². The molecule has 4 heteroatoms. The lowest BCUT2D eigenvalue weighted by molar-refractivity contribution is 0.554. The average molecular weight is 323 g/mol. The van der Waals surface area contributed by atoms with Crippen molar-refractivity contribution >= 4 is 15.9 Å². The zero-order valence-corrected chi connectivity index (χ0v) is 12.4. The first-order valence-corrected chi connectivity index (χ1v) is 7.30. The Morgan fingerprint density at radius 2 is 2.21 bits per heavy atom. The molecule has 2 N–H and O–H groups in total. The van der Waals surface area contributed by atoms with Gasteiger partial charge >= 0.3 is 0 Å². The van der Waals surface area contributed by atoms with E-state index >= 15 is 0 Å². The van der Waals surface area contributed by atoms with Gasteiger partial charge in [0.15, 0.2) is 0 Å². The summed E-state index contributed by atoms with van der Waals surface area (Å²) in [6, 6.07) is 7.24. The molecule has 1 aliphatic carbocycles. The van der Waals surface area contributed by atoms with E-state index in [0.29, 0.717) is 5.69 Å². The summed E-state index contributed by atoms with van der Waals surface area (Å²) in [7, 11) is 0. The molecular weight excluding hydrogens is 307 g/mol. The van der Waals surface area contributed by atoms with Gasteiger partial charge in [-0.15, -0.1) is 0 Å². The van der Waals surface area contributed by atoms with E-state index in [4.69, 9.17) is 5.73 Å². The Bertz CT molecular complexity index is 613. The molecule has 1 aromatic carbocycles. The van der Waals surface area contributed by atoms with Crippen molar-refractivity contribution in [3.8, 4) is 5.69 Å². The van der Waals surface area contributed by atoms with E-state index < -0.39 is 0 Å². The van der Waals surface area contributed by atoms with Gasteiger partial charge in [-0.25, -0.2) is 4.39 Å². The molecular formula is C15H16BrFN2. The summed E-state index contributed by atoms with van der Waals surface area (Å²) in [5, 5.41) is 0. The molecule has 1 aliphatic rings. The van der Waals surface area contributed by atoms with Gasteiger partial charge < -0.3 is 10.3 Å². The molecule has 19 heavy (non-hydrogen) atoms. The van der Waals surface area contributed by atoms with Gasteiger partial charge in [0.25, 0.3) is 0 Å². The SMILES string of the molecule is Cc1cc2c(n1-c1c(F)cccc1Br)CCCC2N. The van der Waals surface area contributed by atoms with E-state index in [2.05, 4.69) is 22.0 Å². The van der Waals surface area contributed by atoms with Crippen molar-refractivity contribution in [3.05, 3.63) is 51.5 Å². The van der Waals surface area contributed by atoms with Gasteiger partial charge in [0, 0.05) is 21.9 Å². The fourth-order valence-electron chi connectivity index (χ4n) is 2.95. The normalized spacial score (nSPS) is 18.4. The molecule has 1 heterocycles. The minimum absolute atomic E-state index is 0.0780. The second-order valence-electron chi connectivity index (χ2n) is 5.09. The van der Waals surface area contributed by atoms with E-state index in [9.17, 15) is 4.39 Å². The van der Waals surface area contributed by atoms with E-state index in [1.165, 1.54) is 11.6 Å². The minimum Gasteiger partial charge on any atom is -0.324 e. The van der Waals surface area contributed by atoms with Gasteiger partial charge in [0.2, 0.25) is 0 Å². The van der Waals surface area contributed by atoms with Crippen molar-refractivity contribution in [3.63, 3.8) is 0 Å². The van der Waals surface area contributed by atoms with Crippen molar-refractivity contribution in [2.75, 3.05) is 0 Å². The summed E-state index contributed by atoms with van der Waals surface area (Å²) in [6.45, 7) is 2.00. The van der Waals surface area contributed by atoms with Gasteiger partial charge in [0.1, 0.15) is 5.82 Å². The molecule has 0 fully saturated rings. The number of nitrogens with zero attached hydrogens (tertiary/aromatic N) is 1. The van der Waals surface area contributed by atoms with Crippen LogP contribution in [0, 0.1) is 12.7 Å². The van der Waals surface area contributed by atoms with Crippen LogP contribution in [0.5, 0.6) is 0 Å². The van der Waals surface area contributed by atoms with Crippen LogP contribution in [0.15, 0.2) is 28.7 Å². The smallest absolute Gasteiger partial charge is 0.148 e. The Balaban J connectivity index is 2.26. The third-order valence-electron chi connectivity index (χ3n) is 3.81. The molecule has 3 rings (SSSR count). The summed E-state index contributed by atoms with van der Waals surface area (Å²) in [4.78, 5) is 0. The second-order valence-corrected chi connectivity index (χ2v) is 5.95. The highest BCUT2D eigenvalue weighted by atomic mass is 79.9. The van der Waals surface area contributed by atoms with Crippen LogP contribution in [0.3, 0.4) is 0 Å². The van der Waals surface area contributed by atoms with Crippen molar-refractivity contribution in [2.24, 2.45) is 5.73 Å². The Labute approximate surface area is 120 Å². The van der Waals surface area contributed by atoms with Crippen LogP contribution in [-0.2, 0) is 6.42 Å². The monoisotopic (exact) mass is 322 g/mol. The summed E-state index contributed by atoms with van der Waals surface area (Å²) in [5.74, 6) is -0.213. The van der Waals surface area contributed by atoms with Gasteiger partial charge in [-0.2, -0.15) is 0 Å². The third-order valence-corrected chi connectivity index (χ3v) is 4.45. The number of para-hydroxylation sites is 1. The van der Waals surface area contributed by atoms with E-state index in [1.807, 2.05) is 17.6 Å². The molecule has 2 nitrogen and oxygen atoms in total. The highest BCUT2D eigenvalue weighted by Crippen LogP contribution is 2.35. The molecule has 0 aliphatic heterocycles. The number of hydrogen-bond donors (Lipinski definition) is 1. The molecule has 0 bridgehead atoms. The highest BCUT2D eigenvalue weighted by Gasteiger charge is 2.24. The highest BCUT2D eigenvalue weighted by molar-refractivity contribution is 9.10. The molecule has 100 valence electrons. The van der Waals surface area contributed by atoms with E-state index in [-0.39, 0.29) is 11.9 Å². The Hall–Kier alpha value is -1.13. The molecule has 0 amide bonds. The van der Waals surface area contributed by atoms with E-state index in [1.54, 1.807) is 6.07 Å². The maximum Gasteiger partial charge on any atom is 0.148 e. The van der Waals surface area contributed by atoms with Crippen LogP contribution >= 0.6 is 15.9 Å². The van der Waals surface area contributed by atoms with Crippen LogP contribution in [-0.4, -0.2) is 4.57 Å². The van der Waals surface area contributed by atoms with Crippen molar-refractivity contribution in [1.82, 2.24) is 4.57 Å². The summed E-state index contributed by atoms with van der Waals surface area (Å²) in [6.07, 6.45) is 3.02. The zero-order valence-electron chi connectivity index (χ0n) is 10.8. The Morgan fingerprint density at radius 1 is 1.42 bits per heavy atom. The van der Waals surface area contributed by atoms with Crippen LogP contribution in [0.2, 0.25) is 0 Å². The molecule has 2 aromatic rings. The molecule has 1 aromatic heterocycles. The number of nitrogens with two attached hydrogens (primary N) is 1. The molecule has 0 radical (unpaired) electrons. The molecule has 0 saturated heterocycles. The standard InChI is InChI=1S/C15H16BrFN2/c1-9-8-10-13(18)6-3-7-14(10)19(9)15-11(16)4-2-5-12(15)17/h2,4-5,8,13H,3,6-7,18H2,1H3. The van der Waals surface area contributed by atoms with Crippen molar-refractivity contribution in [2.45, 2.75) is 32.2 Å². The maximum absolute atomic E-state index is 14.2. The number of halogens is 2. The average Bonchev–Trinajstić information content (AvgIpc) is 2.68. The predicted molar refractivity (Wildman–Crippen MR) is 78.0 cm³/mol. The number of aryl methyl sites for hydroxylation is 1. The molecule has 0 saturated carbocycles. The maximum atomic E-state index is 14.2. The first-order chi connectivity index (χ1) is 9.09. The summed E-state index contributed by atoms with van der Waals surface area (Å²) < 4.78 is 17.0. The quantitative estimate of drug-likeness (QED) is 0.844. The van der Waals surface area contributed by atoms with E-state index in [0.717, 1.165) is 35.1 Å². The summed E-state index contributed by atoms with van der Waals surface area (Å²) >= 11 is 3.45. The largest absolute Gasteiger partial charge is 0.324 e. The molecule has 0 spiro atoms. The minimum atomic E-state index is -0.213. The lowest BCUT2D eigenvalue weighted by Gasteiger charge is -2.22. The Morgan fingerprint density at radius 3 is 2.95 bits per heavy atom. The van der Waals surface area contributed by atoms with Crippen molar-refractivity contribution in [1.29, 1.82) is 0 Å². The lowest BCUT2D eigenvalue weighted by Crippen LogP contribution is -2.18. The summed E-state index contributed by atoms with van der Waals surface area (Å²) in [5.41, 5.74) is 10.1. The Kier molecular flexibility index (Phi) is 3.23. The predicted octanol–water partition coefficient (Wildman–Crippen LogP) is 4.02. The van der Waals surface area contributed by atoms with Crippen molar-refractivity contribution < 1.29 is 4.39 Å². The second kappa shape index (κ2) is 4.76. The fraction of sp³-hybridized carbons (Fsp3) is 0.333. The number of aromatic nitrogens is 1. The molecule has 1 atom stereocenters. The topological polar surface area (TPSA) is 30.9 Å². The van der Waals surface area contributed by atoms with Gasteiger partial charge in [0.05, 0.1) is 5.69 Å². The van der Waals surface area contributed by atoms with Crippen LogP contribution in [0.4, 0.5) is 4.39 Å². The number of hydrogen-bond acceptors (Lipinski definition) is 1. The van der Waals surface area contributed by atoms with Gasteiger partial charge in [-0.1, -0.05) is 6.07 Å². The number of benzene rings is 1.